The van der Waals surface area contributed by atoms with Gasteiger partial charge in [-0.15, -0.1) is 0 Å². The second-order valence-electron chi connectivity index (χ2n) is 7.02. The lowest BCUT2D eigenvalue weighted by Crippen LogP contribution is -2.44. The maximum absolute atomic E-state index is 13.0. The number of aromatic nitrogens is 2. The van der Waals surface area contributed by atoms with Gasteiger partial charge in [-0.1, -0.05) is 48.5 Å². The second kappa shape index (κ2) is 8.08. The summed E-state index contributed by atoms with van der Waals surface area (Å²) in [6.45, 7) is 0.726. The summed E-state index contributed by atoms with van der Waals surface area (Å²) in [5.41, 5.74) is 2.16. The molecule has 150 valence electrons. The van der Waals surface area contributed by atoms with Crippen LogP contribution in [0.4, 0.5) is 10.5 Å². The number of ether oxygens (including phenoxy) is 1. The molecule has 1 aliphatic heterocycles. The van der Waals surface area contributed by atoms with Crippen LogP contribution in [0.3, 0.4) is 0 Å². The summed E-state index contributed by atoms with van der Waals surface area (Å²) in [6.07, 6.45) is 5.95. The molecule has 1 unspecified atom stereocenters. The molecule has 0 amide bonds. The van der Waals surface area contributed by atoms with E-state index in [2.05, 4.69) is 4.98 Å². The summed E-state index contributed by atoms with van der Waals surface area (Å²) in [7, 11) is -4.31. The Kier molecular flexibility index (Phi) is 5.35. The van der Waals surface area contributed by atoms with Crippen LogP contribution in [0.25, 0.3) is 0 Å². The van der Waals surface area contributed by atoms with Gasteiger partial charge in [0.1, 0.15) is 6.61 Å². The van der Waals surface area contributed by atoms with Gasteiger partial charge in [0.2, 0.25) is 0 Å². The predicted octanol–water partition coefficient (Wildman–Crippen LogP) is 3.23. The number of imidazole rings is 1. The molecule has 0 fully saturated rings. The van der Waals surface area contributed by atoms with E-state index in [1.807, 2.05) is 29.0 Å². The minimum absolute atomic E-state index is 0.01000. The van der Waals surface area contributed by atoms with Crippen molar-refractivity contribution < 1.29 is 17.9 Å². The molecule has 3 aromatic rings. The van der Waals surface area contributed by atoms with Crippen molar-refractivity contribution in [2.45, 2.75) is 19.6 Å². The molecule has 1 atom stereocenters. The normalized spacial score (nSPS) is 16.3. The number of para-hydroxylation sites is 1. The third-order valence-electron chi connectivity index (χ3n) is 4.92. The topological polar surface area (TPSA) is 81.5 Å². The fourth-order valence-corrected chi connectivity index (χ4v) is 4.79. The Labute approximate surface area is 169 Å². The average Bonchev–Trinajstić information content (AvgIpc) is 3.25. The third-order valence-corrected chi connectivity index (χ3v) is 6.39. The van der Waals surface area contributed by atoms with Crippen molar-refractivity contribution in [1.29, 1.82) is 0 Å². The zero-order valence-electron chi connectivity index (χ0n) is 15.7. The SMILES string of the molecule is O=C(OCc1ccccc1)S(=O)(=O)N1CC(Cn2ccnc2)Cc2ccccc21. The molecule has 0 radical (unpaired) electrons. The number of nitrogens with zero attached hydrogens (tertiary/aromatic N) is 3. The number of carbonyl (C=O) groups excluding carboxylic acids is 1. The van der Waals surface area contributed by atoms with E-state index < -0.39 is 15.3 Å². The largest absolute Gasteiger partial charge is 0.448 e. The number of benzene rings is 2. The molecule has 0 N–H and O–H groups in total. The summed E-state index contributed by atoms with van der Waals surface area (Å²) in [6, 6.07) is 16.3. The summed E-state index contributed by atoms with van der Waals surface area (Å²) < 4.78 is 34.3. The second-order valence-corrected chi connectivity index (χ2v) is 8.74. The maximum Gasteiger partial charge on any atom is 0.445 e. The summed E-state index contributed by atoms with van der Waals surface area (Å²) in [5, 5.41) is -1.24. The monoisotopic (exact) mass is 411 g/mol. The highest BCUT2D eigenvalue weighted by Crippen LogP contribution is 2.33. The average molecular weight is 411 g/mol. The number of rotatable bonds is 5. The zero-order valence-corrected chi connectivity index (χ0v) is 16.5. The minimum atomic E-state index is -4.31. The van der Waals surface area contributed by atoms with Crippen molar-refractivity contribution in [2.24, 2.45) is 5.92 Å². The van der Waals surface area contributed by atoms with Crippen LogP contribution in [0.1, 0.15) is 11.1 Å². The van der Waals surface area contributed by atoms with Gasteiger partial charge in [-0.05, 0) is 29.5 Å². The predicted molar refractivity (Wildman–Crippen MR) is 109 cm³/mol. The van der Waals surface area contributed by atoms with Gasteiger partial charge in [-0.25, -0.2) is 9.78 Å². The summed E-state index contributed by atoms with van der Waals surface area (Å²) in [5.74, 6) is 0.01000. The van der Waals surface area contributed by atoms with Gasteiger partial charge in [-0.3, -0.25) is 4.31 Å². The molecule has 7 nitrogen and oxygen atoms in total. The van der Waals surface area contributed by atoms with E-state index in [0.29, 0.717) is 12.2 Å². The molecule has 2 aromatic carbocycles. The van der Waals surface area contributed by atoms with Crippen LogP contribution in [-0.4, -0.2) is 29.8 Å². The van der Waals surface area contributed by atoms with E-state index in [0.717, 1.165) is 17.5 Å². The number of carbonyl (C=O) groups is 1. The number of fused-ring (bicyclic) bond motifs is 1. The van der Waals surface area contributed by atoms with Gasteiger partial charge in [0.05, 0.1) is 12.0 Å². The lowest BCUT2D eigenvalue weighted by molar-refractivity contribution is 0.165. The molecule has 0 saturated heterocycles. The van der Waals surface area contributed by atoms with Crippen LogP contribution in [0.2, 0.25) is 0 Å². The smallest absolute Gasteiger partial charge is 0.445 e. The Morgan fingerprint density at radius 3 is 2.62 bits per heavy atom. The van der Waals surface area contributed by atoms with Gasteiger partial charge in [-0.2, -0.15) is 8.42 Å². The highest BCUT2D eigenvalue weighted by Gasteiger charge is 2.38. The van der Waals surface area contributed by atoms with Crippen molar-refractivity contribution in [1.82, 2.24) is 9.55 Å². The molecule has 8 heteroatoms. The first-order valence-electron chi connectivity index (χ1n) is 9.31. The van der Waals surface area contributed by atoms with Gasteiger partial charge in [0.25, 0.3) is 0 Å². The number of anilines is 1. The molecular formula is C21H21N3O4S. The van der Waals surface area contributed by atoms with Crippen molar-refractivity contribution in [3.63, 3.8) is 0 Å². The molecule has 1 aromatic heterocycles. The molecular weight excluding hydrogens is 390 g/mol. The quantitative estimate of drug-likeness (QED) is 0.602. The fraction of sp³-hybridized carbons (Fsp3) is 0.238. The molecule has 0 saturated carbocycles. The Hall–Kier alpha value is -3.13. The number of hydrogen-bond donors (Lipinski definition) is 0. The van der Waals surface area contributed by atoms with Crippen molar-refractivity contribution in [3.8, 4) is 0 Å². The van der Waals surface area contributed by atoms with Crippen molar-refractivity contribution in [3.05, 3.63) is 84.4 Å². The van der Waals surface area contributed by atoms with Crippen LogP contribution in [0.5, 0.6) is 0 Å². The molecule has 1 aliphatic rings. The first-order valence-corrected chi connectivity index (χ1v) is 10.7. The van der Waals surface area contributed by atoms with E-state index in [-0.39, 0.29) is 19.1 Å². The van der Waals surface area contributed by atoms with Gasteiger partial charge < -0.3 is 9.30 Å². The van der Waals surface area contributed by atoms with Crippen LogP contribution in [0.15, 0.2) is 73.3 Å². The van der Waals surface area contributed by atoms with Gasteiger partial charge in [0.15, 0.2) is 0 Å². The molecule has 29 heavy (non-hydrogen) atoms. The first kappa shape index (κ1) is 19.2. The van der Waals surface area contributed by atoms with Crippen molar-refractivity contribution >= 4 is 21.0 Å². The molecule has 0 bridgehead atoms. The Balaban J connectivity index is 1.56. The molecule has 0 aliphatic carbocycles. The van der Waals surface area contributed by atoms with E-state index in [4.69, 9.17) is 4.74 Å². The Morgan fingerprint density at radius 2 is 1.86 bits per heavy atom. The van der Waals surface area contributed by atoms with Gasteiger partial charge in [0, 0.05) is 25.5 Å². The lowest BCUT2D eigenvalue weighted by Gasteiger charge is -2.34. The maximum atomic E-state index is 13.0. The number of sulfonamides is 1. The van der Waals surface area contributed by atoms with E-state index in [1.54, 1.807) is 48.9 Å². The highest BCUT2D eigenvalue weighted by molar-refractivity contribution is 8.06. The van der Waals surface area contributed by atoms with E-state index in [9.17, 15) is 13.2 Å². The van der Waals surface area contributed by atoms with Crippen LogP contribution in [-0.2, 0) is 34.3 Å². The van der Waals surface area contributed by atoms with Crippen LogP contribution >= 0.6 is 0 Å². The van der Waals surface area contributed by atoms with E-state index >= 15 is 0 Å². The Bertz CT molecular complexity index is 1080. The first-order chi connectivity index (χ1) is 14.0. The third kappa shape index (κ3) is 4.17. The zero-order chi connectivity index (χ0) is 20.3. The summed E-state index contributed by atoms with van der Waals surface area (Å²) >= 11 is 0. The minimum Gasteiger partial charge on any atom is -0.448 e. The highest BCUT2D eigenvalue weighted by atomic mass is 32.2. The number of hydrogen-bond acceptors (Lipinski definition) is 5. The van der Waals surface area contributed by atoms with Gasteiger partial charge >= 0.3 is 15.3 Å². The molecule has 0 spiro atoms. The van der Waals surface area contributed by atoms with E-state index in [1.165, 1.54) is 4.31 Å². The van der Waals surface area contributed by atoms with Crippen molar-refractivity contribution in [2.75, 3.05) is 10.8 Å². The Morgan fingerprint density at radius 1 is 1.10 bits per heavy atom. The lowest BCUT2D eigenvalue weighted by atomic mass is 9.94. The van der Waals surface area contributed by atoms with Crippen LogP contribution in [0, 0.1) is 5.92 Å². The fourth-order valence-electron chi connectivity index (χ4n) is 3.56. The molecule has 4 rings (SSSR count). The standard InChI is InChI=1S/C21H21N3O4S/c25-21(28-15-17-6-2-1-3-7-17)29(26,27)24-14-18(13-23-11-10-22-16-23)12-19-8-4-5-9-20(19)24/h1-11,16,18H,12-15H2. The van der Waals surface area contributed by atoms with Crippen LogP contribution < -0.4 is 4.31 Å². The molecule has 2 heterocycles. The summed E-state index contributed by atoms with van der Waals surface area (Å²) in [4.78, 5) is 16.5.